The number of alkyl halides is 1. The van der Waals surface area contributed by atoms with Crippen molar-refractivity contribution in [1.29, 1.82) is 0 Å². The number of hydrogen-bond acceptors (Lipinski definition) is 3. The third kappa shape index (κ3) is 2.48. The van der Waals surface area contributed by atoms with Gasteiger partial charge in [-0.2, -0.15) is 4.31 Å². The van der Waals surface area contributed by atoms with Gasteiger partial charge in [-0.3, -0.25) is 0 Å². The monoisotopic (exact) mass is 355 g/mol. The van der Waals surface area contributed by atoms with Gasteiger partial charge in [0.05, 0.1) is 5.88 Å². The fourth-order valence-electron chi connectivity index (χ4n) is 2.05. The van der Waals surface area contributed by atoms with Crippen molar-refractivity contribution in [3.63, 3.8) is 0 Å². The van der Waals surface area contributed by atoms with Crippen LogP contribution in [0.5, 0.6) is 0 Å². The van der Waals surface area contributed by atoms with Crippen LogP contribution < -0.4 is 0 Å². The predicted molar refractivity (Wildman–Crippen MR) is 73.1 cm³/mol. The van der Waals surface area contributed by atoms with E-state index in [1.54, 1.807) is 0 Å². The summed E-state index contributed by atoms with van der Waals surface area (Å²) in [6.07, 6.45) is 0. The van der Waals surface area contributed by atoms with E-state index in [4.69, 9.17) is 16.0 Å². The van der Waals surface area contributed by atoms with Gasteiger partial charge in [0.1, 0.15) is 10.7 Å². The fraction of sp³-hybridized carbons (Fsp3) is 0.636. The summed E-state index contributed by atoms with van der Waals surface area (Å²) in [4.78, 5) is 0.166. The SMILES string of the molecule is CC1CN(S(=O)(=O)c2cc(CCl)oc2Br)CC1C. The first-order valence-corrected chi connectivity index (χ1v) is 8.47. The molecule has 0 radical (unpaired) electrons. The number of furan rings is 1. The third-order valence-corrected chi connectivity index (χ3v) is 6.36. The lowest BCUT2D eigenvalue weighted by Crippen LogP contribution is -2.29. The van der Waals surface area contributed by atoms with Gasteiger partial charge in [0, 0.05) is 19.2 Å². The highest BCUT2D eigenvalue weighted by Gasteiger charge is 2.37. The maximum absolute atomic E-state index is 12.5. The van der Waals surface area contributed by atoms with Gasteiger partial charge in [-0.25, -0.2) is 8.42 Å². The van der Waals surface area contributed by atoms with E-state index in [0.717, 1.165) is 0 Å². The molecule has 1 saturated heterocycles. The molecule has 7 heteroatoms. The van der Waals surface area contributed by atoms with Crippen LogP contribution in [0.2, 0.25) is 0 Å². The number of rotatable bonds is 3. The Bertz CT molecular complexity index is 532. The Kier molecular flexibility index (Phi) is 4.11. The minimum absolute atomic E-state index is 0.154. The molecule has 0 aliphatic carbocycles. The second-order valence-electron chi connectivity index (χ2n) is 4.76. The molecular weight excluding hydrogens is 342 g/mol. The Hall–Kier alpha value is -0.0400. The molecule has 0 spiro atoms. The number of hydrogen-bond donors (Lipinski definition) is 0. The molecule has 1 aromatic heterocycles. The summed E-state index contributed by atoms with van der Waals surface area (Å²) in [5, 5.41) is 0. The van der Waals surface area contributed by atoms with Crippen molar-refractivity contribution >= 4 is 37.6 Å². The molecule has 1 aliphatic rings. The quantitative estimate of drug-likeness (QED) is 0.782. The zero-order valence-electron chi connectivity index (χ0n) is 10.2. The van der Waals surface area contributed by atoms with Gasteiger partial charge < -0.3 is 4.42 Å². The molecule has 1 aliphatic heterocycles. The normalized spacial score (nSPS) is 25.8. The summed E-state index contributed by atoms with van der Waals surface area (Å²) in [6, 6.07) is 1.49. The molecule has 2 unspecified atom stereocenters. The minimum atomic E-state index is -3.49. The first-order valence-electron chi connectivity index (χ1n) is 5.70. The van der Waals surface area contributed by atoms with Crippen LogP contribution in [-0.2, 0) is 15.9 Å². The van der Waals surface area contributed by atoms with Gasteiger partial charge >= 0.3 is 0 Å². The first kappa shape index (κ1) is 14.4. The second-order valence-corrected chi connectivity index (χ2v) is 7.65. The maximum Gasteiger partial charge on any atom is 0.247 e. The van der Waals surface area contributed by atoms with Gasteiger partial charge in [0.25, 0.3) is 0 Å². The standard InChI is InChI=1S/C11H15BrClNO3S/c1-7-5-14(6-8(7)2)18(15,16)10-3-9(4-13)17-11(10)12/h3,7-8H,4-6H2,1-2H3. The summed E-state index contributed by atoms with van der Waals surface area (Å²) in [5.41, 5.74) is 0. The molecule has 1 fully saturated rings. The van der Waals surface area contributed by atoms with Crippen molar-refractivity contribution in [1.82, 2.24) is 4.31 Å². The Morgan fingerprint density at radius 3 is 2.44 bits per heavy atom. The first-order chi connectivity index (χ1) is 8.36. The third-order valence-electron chi connectivity index (χ3n) is 3.41. The molecule has 1 aromatic rings. The van der Waals surface area contributed by atoms with Crippen LogP contribution in [-0.4, -0.2) is 25.8 Å². The van der Waals surface area contributed by atoms with Crippen molar-refractivity contribution in [2.24, 2.45) is 11.8 Å². The molecule has 4 nitrogen and oxygen atoms in total. The molecule has 2 atom stereocenters. The maximum atomic E-state index is 12.5. The average molecular weight is 357 g/mol. The summed E-state index contributed by atoms with van der Waals surface area (Å²) in [7, 11) is -3.49. The minimum Gasteiger partial charge on any atom is -0.452 e. The van der Waals surface area contributed by atoms with Crippen molar-refractivity contribution in [2.45, 2.75) is 24.6 Å². The van der Waals surface area contributed by atoms with Crippen molar-refractivity contribution in [3.05, 3.63) is 16.5 Å². The summed E-state index contributed by atoms with van der Waals surface area (Å²) in [6.45, 7) is 5.23. The number of halogens is 2. The highest BCUT2D eigenvalue weighted by atomic mass is 79.9. The molecule has 0 N–H and O–H groups in total. The van der Waals surface area contributed by atoms with Crippen molar-refractivity contribution in [2.75, 3.05) is 13.1 Å². The molecule has 2 heterocycles. The summed E-state index contributed by atoms with van der Waals surface area (Å²) >= 11 is 8.79. The molecule has 2 rings (SSSR count). The zero-order chi connectivity index (χ0) is 13.5. The van der Waals surface area contributed by atoms with E-state index in [1.165, 1.54) is 10.4 Å². The van der Waals surface area contributed by atoms with Crippen molar-refractivity contribution < 1.29 is 12.8 Å². The molecular formula is C11H15BrClNO3S. The van der Waals surface area contributed by atoms with E-state index in [0.29, 0.717) is 30.7 Å². The van der Waals surface area contributed by atoms with Crippen LogP contribution in [0.3, 0.4) is 0 Å². The second kappa shape index (κ2) is 5.15. The lowest BCUT2D eigenvalue weighted by molar-refractivity contribution is 0.457. The van der Waals surface area contributed by atoms with Crippen molar-refractivity contribution in [3.8, 4) is 0 Å². The average Bonchev–Trinajstić information content (AvgIpc) is 2.84. The molecule has 0 saturated carbocycles. The van der Waals surface area contributed by atoms with E-state index in [1.807, 2.05) is 0 Å². The zero-order valence-corrected chi connectivity index (χ0v) is 13.3. The Balaban J connectivity index is 2.34. The highest BCUT2D eigenvalue weighted by Crippen LogP contribution is 2.33. The molecule has 102 valence electrons. The summed E-state index contributed by atoms with van der Waals surface area (Å²) < 4.78 is 31.9. The van der Waals surface area contributed by atoms with Crippen LogP contribution in [0.1, 0.15) is 19.6 Å². The molecule has 18 heavy (non-hydrogen) atoms. The Morgan fingerprint density at radius 1 is 1.44 bits per heavy atom. The van der Waals surface area contributed by atoms with Crippen LogP contribution >= 0.6 is 27.5 Å². The molecule has 0 amide bonds. The number of sulfonamides is 1. The topological polar surface area (TPSA) is 50.5 Å². The van der Waals surface area contributed by atoms with Crippen LogP contribution in [0, 0.1) is 11.8 Å². The van der Waals surface area contributed by atoms with Gasteiger partial charge in [-0.1, -0.05) is 13.8 Å². The summed E-state index contributed by atoms with van der Waals surface area (Å²) in [5.74, 6) is 1.35. The van der Waals surface area contributed by atoms with E-state index >= 15 is 0 Å². The van der Waals surface area contributed by atoms with E-state index < -0.39 is 10.0 Å². The smallest absolute Gasteiger partial charge is 0.247 e. The van der Waals surface area contributed by atoms with Gasteiger partial charge in [0.15, 0.2) is 4.67 Å². The predicted octanol–water partition coefficient (Wildman–Crippen LogP) is 3.06. The van der Waals surface area contributed by atoms with Gasteiger partial charge in [-0.05, 0) is 27.8 Å². The van der Waals surface area contributed by atoms with Gasteiger partial charge in [0.2, 0.25) is 10.0 Å². The van der Waals surface area contributed by atoms with Crippen LogP contribution in [0.25, 0.3) is 0 Å². The van der Waals surface area contributed by atoms with E-state index in [2.05, 4.69) is 29.8 Å². The van der Waals surface area contributed by atoms with Crippen LogP contribution in [0.15, 0.2) is 20.0 Å². The largest absolute Gasteiger partial charge is 0.452 e. The molecule has 0 aromatic carbocycles. The van der Waals surface area contributed by atoms with Gasteiger partial charge in [-0.15, -0.1) is 11.6 Å². The highest BCUT2D eigenvalue weighted by molar-refractivity contribution is 9.10. The van der Waals surface area contributed by atoms with E-state index in [-0.39, 0.29) is 15.4 Å². The molecule has 0 bridgehead atoms. The van der Waals surface area contributed by atoms with Crippen LogP contribution in [0.4, 0.5) is 0 Å². The van der Waals surface area contributed by atoms with E-state index in [9.17, 15) is 8.42 Å². The lowest BCUT2D eigenvalue weighted by Gasteiger charge is -2.14. The Labute approximate surface area is 120 Å². The lowest BCUT2D eigenvalue weighted by atomic mass is 10.0. The number of nitrogens with zero attached hydrogens (tertiary/aromatic N) is 1. The Morgan fingerprint density at radius 2 is 2.00 bits per heavy atom. The fourth-order valence-corrected chi connectivity index (χ4v) is 4.79.